The lowest BCUT2D eigenvalue weighted by Gasteiger charge is -2.37. The molecule has 1 aromatic rings. The van der Waals surface area contributed by atoms with Crippen molar-refractivity contribution in [1.29, 1.82) is 0 Å². The van der Waals surface area contributed by atoms with E-state index in [9.17, 15) is 18.0 Å². The number of ether oxygens (including phenoxy) is 2. The number of piperidine rings is 1. The molecule has 0 aromatic heterocycles. The van der Waals surface area contributed by atoms with Gasteiger partial charge >= 0.3 is 12.5 Å². The van der Waals surface area contributed by atoms with Gasteiger partial charge in [-0.2, -0.15) is 0 Å². The van der Waals surface area contributed by atoms with Crippen LogP contribution in [-0.2, 0) is 11.3 Å². The Morgan fingerprint density at radius 1 is 1.25 bits per heavy atom. The monoisotopic (exact) mass is 466 g/mol. The van der Waals surface area contributed by atoms with Crippen LogP contribution in [0, 0.1) is 0 Å². The molecule has 158 valence electrons. The van der Waals surface area contributed by atoms with E-state index in [0.29, 0.717) is 11.0 Å². The van der Waals surface area contributed by atoms with Crippen molar-refractivity contribution in [2.45, 2.75) is 58.2 Å². The summed E-state index contributed by atoms with van der Waals surface area (Å²) >= 11 is 3.32. The van der Waals surface area contributed by atoms with Crippen molar-refractivity contribution >= 4 is 22.0 Å². The summed E-state index contributed by atoms with van der Waals surface area (Å²) in [6, 6.07) is 4.38. The Balaban J connectivity index is 1.88. The Kier molecular flexibility index (Phi) is 7.25. The van der Waals surface area contributed by atoms with Crippen molar-refractivity contribution in [2.24, 2.45) is 0 Å². The number of benzene rings is 1. The number of hydrogen-bond donors (Lipinski definition) is 0. The zero-order chi connectivity index (χ0) is 21.1. The van der Waals surface area contributed by atoms with Crippen LogP contribution in [0.2, 0.25) is 0 Å². The highest BCUT2D eigenvalue weighted by atomic mass is 79.9. The van der Waals surface area contributed by atoms with Crippen LogP contribution in [0.3, 0.4) is 0 Å². The molecule has 0 spiro atoms. The molecule has 0 aliphatic carbocycles. The lowest BCUT2D eigenvalue weighted by Crippen LogP contribution is -2.46. The predicted octanol–water partition coefficient (Wildman–Crippen LogP) is 5.18. The van der Waals surface area contributed by atoms with Crippen molar-refractivity contribution in [3.8, 4) is 5.75 Å². The molecule has 1 saturated heterocycles. The molecule has 5 nitrogen and oxygen atoms in total. The number of carbonyl (C=O) groups excluding carboxylic acids is 1. The van der Waals surface area contributed by atoms with Crippen LogP contribution < -0.4 is 4.74 Å². The second-order valence-corrected chi connectivity index (χ2v) is 8.75. The second kappa shape index (κ2) is 8.90. The topological polar surface area (TPSA) is 42.0 Å². The molecule has 0 radical (unpaired) electrons. The molecule has 1 fully saturated rings. The quantitative estimate of drug-likeness (QED) is 0.612. The van der Waals surface area contributed by atoms with Gasteiger partial charge < -0.3 is 14.4 Å². The minimum Gasteiger partial charge on any atom is -0.444 e. The van der Waals surface area contributed by atoms with Gasteiger partial charge in [0.2, 0.25) is 0 Å². The Hall–Kier alpha value is -1.48. The van der Waals surface area contributed by atoms with Crippen molar-refractivity contribution < 1.29 is 27.4 Å². The Morgan fingerprint density at radius 3 is 2.36 bits per heavy atom. The van der Waals surface area contributed by atoms with E-state index in [1.54, 1.807) is 18.0 Å². The normalized spacial score (nSPS) is 16.7. The number of halogens is 4. The van der Waals surface area contributed by atoms with Gasteiger partial charge in [0.1, 0.15) is 11.4 Å². The number of rotatable bonds is 4. The number of alkyl halides is 3. The number of amides is 1. The molecule has 0 N–H and O–H groups in total. The van der Waals surface area contributed by atoms with Crippen molar-refractivity contribution in [2.75, 3.05) is 20.1 Å². The van der Waals surface area contributed by atoms with Crippen molar-refractivity contribution in [3.63, 3.8) is 0 Å². The molecule has 9 heteroatoms. The number of likely N-dealkylation sites (tertiary alicyclic amines) is 1. The molecule has 28 heavy (non-hydrogen) atoms. The molecule has 0 saturated carbocycles. The van der Waals surface area contributed by atoms with Crippen LogP contribution >= 0.6 is 15.9 Å². The average molecular weight is 467 g/mol. The van der Waals surface area contributed by atoms with E-state index < -0.39 is 12.0 Å². The Bertz CT molecular complexity index is 684. The first-order valence-corrected chi connectivity index (χ1v) is 9.86. The van der Waals surface area contributed by atoms with Gasteiger partial charge in [0, 0.05) is 37.2 Å². The molecule has 1 heterocycles. The number of carbonyl (C=O) groups is 1. The van der Waals surface area contributed by atoms with Gasteiger partial charge in [0.05, 0.1) is 0 Å². The maximum Gasteiger partial charge on any atom is 0.573 e. The van der Waals surface area contributed by atoms with E-state index >= 15 is 0 Å². The lowest BCUT2D eigenvalue weighted by atomic mass is 10.0. The third-order valence-corrected chi connectivity index (χ3v) is 5.18. The van der Waals surface area contributed by atoms with Gasteiger partial charge in [-0.1, -0.05) is 22.0 Å². The first-order chi connectivity index (χ1) is 12.8. The summed E-state index contributed by atoms with van der Waals surface area (Å²) in [4.78, 5) is 16.1. The number of nitrogens with zero attached hydrogens (tertiary/aromatic N) is 2. The molecule has 1 aliphatic heterocycles. The Labute approximate surface area is 171 Å². The maximum atomic E-state index is 12.3. The van der Waals surface area contributed by atoms with Crippen LogP contribution in [0.5, 0.6) is 5.75 Å². The second-order valence-electron chi connectivity index (χ2n) is 7.90. The molecule has 0 unspecified atom stereocenters. The fourth-order valence-corrected chi connectivity index (χ4v) is 3.53. The van der Waals surface area contributed by atoms with E-state index in [0.717, 1.165) is 31.5 Å². The van der Waals surface area contributed by atoms with Gasteiger partial charge in [-0.25, -0.2) is 4.79 Å². The summed E-state index contributed by atoms with van der Waals surface area (Å²) in [5.41, 5.74) is 0.355. The highest BCUT2D eigenvalue weighted by molar-refractivity contribution is 9.10. The van der Waals surface area contributed by atoms with Gasteiger partial charge in [-0.05, 0) is 51.3 Å². The lowest BCUT2D eigenvalue weighted by molar-refractivity contribution is -0.274. The highest BCUT2D eigenvalue weighted by Crippen LogP contribution is 2.29. The van der Waals surface area contributed by atoms with E-state index in [4.69, 9.17) is 4.74 Å². The SMILES string of the molecule is CN(C(=O)OC(C)(C)C)C1CCN(Cc2ccc(OC(F)(F)F)cc2Br)CC1. The summed E-state index contributed by atoms with van der Waals surface area (Å²) in [6.45, 7) is 7.69. The van der Waals surface area contributed by atoms with Crippen LogP contribution in [0.15, 0.2) is 22.7 Å². The standard InChI is InChI=1S/C19H26BrF3N2O3/c1-18(2,3)28-17(26)24(4)14-7-9-25(10-8-14)12-13-5-6-15(11-16(13)20)27-19(21,22)23/h5-6,11,14H,7-10,12H2,1-4H3. The van der Waals surface area contributed by atoms with Gasteiger partial charge in [-0.3, -0.25) is 4.90 Å². The molecule has 0 bridgehead atoms. The first kappa shape index (κ1) is 22.8. The largest absolute Gasteiger partial charge is 0.573 e. The maximum absolute atomic E-state index is 12.3. The number of hydrogen-bond acceptors (Lipinski definition) is 4. The summed E-state index contributed by atoms with van der Waals surface area (Å²) in [6.07, 6.45) is -3.41. The van der Waals surface area contributed by atoms with E-state index in [-0.39, 0.29) is 17.9 Å². The summed E-state index contributed by atoms with van der Waals surface area (Å²) < 4.78 is 46.9. The molecule has 1 aromatic carbocycles. The summed E-state index contributed by atoms with van der Waals surface area (Å²) in [5.74, 6) is -0.249. The van der Waals surface area contributed by atoms with Crippen molar-refractivity contribution in [3.05, 3.63) is 28.2 Å². The van der Waals surface area contributed by atoms with E-state index in [2.05, 4.69) is 25.6 Å². The smallest absolute Gasteiger partial charge is 0.444 e. The fraction of sp³-hybridized carbons (Fsp3) is 0.632. The minimum atomic E-state index is -4.71. The minimum absolute atomic E-state index is 0.108. The zero-order valence-electron chi connectivity index (χ0n) is 16.5. The van der Waals surface area contributed by atoms with Crippen LogP contribution in [0.4, 0.5) is 18.0 Å². The van der Waals surface area contributed by atoms with Crippen molar-refractivity contribution in [1.82, 2.24) is 9.80 Å². The van der Waals surface area contributed by atoms with Crippen LogP contribution in [0.25, 0.3) is 0 Å². The van der Waals surface area contributed by atoms with Gasteiger partial charge in [0.25, 0.3) is 0 Å². The van der Waals surface area contributed by atoms with E-state index in [1.165, 1.54) is 12.1 Å². The van der Waals surface area contributed by atoms with E-state index in [1.807, 2.05) is 20.8 Å². The van der Waals surface area contributed by atoms with Gasteiger partial charge in [0.15, 0.2) is 0 Å². The van der Waals surface area contributed by atoms with Gasteiger partial charge in [-0.15, -0.1) is 13.2 Å². The first-order valence-electron chi connectivity index (χ1n) is 9.06. The zero-order valence-corrected chi connectivity index (χ0v) is 18.1. The predicted molar refractivity (Wildman–Crippen MR) is 103 cm³/mol. The van der Waals surface area contributed by atoms with Crippen LogP contribution in [-0.4, -0.2) is 54.0 Å². The summed E-state index contributed by atoms with van der Waals surface area (Å²) in [7, 11) is 1.75. The molecule has 2 rings (SSSR count). The molecular formula is C19H26BrF3N2O3. The third kappa shape index (κ3) is 7.16. The molecular weight excluding hydrogens is 441 g/mol. The molecule has 1 aliphatic rings. The molecule has 0 atom stereocenters. The highest BCUT2D eigenvalue weighted by Gasteiger charge is 2.31. The fourth-order valence-electron chi connectivity index (χ4n) is 3.04. The summed E-state index contributed by atoms with van der Waals surface area (Å²) in [5, 5.41) is 0. The molecule has 1 amide bonds. The Morgan fingerprint density at radius 2 is 1.86 bits per heavy atom. The van der Waals surface area contributed by atoms with Crippen LogP contribution in [0.1, 0.15) is 39.2 Å². The third-order valence-electron chi connectivity index (χ3n) is 4.44. The average Bonchev–Trinajstić information content (AvgIpc) is 2.54.